The minimum Gasteiger partial charge on any atom is -0.368 e. The van der Waals surface area contributed by atoms with Gasteiger partial charge < -0.3 is 14.0 Å². The van der Waals surface area contributed by atoms with Gasteiger partial charge in [0.05, 0.1) is 39.5 Å². The number of allylic oxidation sites excluding steroid dienone is 6. The number of aromatic nitrogens is 4. The van der Waals surface area contributed by atoms with E-state index >= 15 is 0 Å². The summed E-state index contributed by atoms with van der Waals surface area (Å²) in [7, 11) is 4.27. The Morgan fingerprint density at radius 1 is 0.667 bits per heavy atom. The molecule has 5 heteroatoms. The number of nitrogens with zero attached hydrogens (tertiary/aromatic N) is 5. The van der Waals surface area contributed by atoms with E-state index in [2.05, 4.69) is 214 Å². The fraction of sp³-hybridized carbons (Fsp3) is 0.127. The second-order valence-corrected chi connectivity index (χ2v) is 16.0. The molecule has 1 aliphatic heterocycles. The van der Waals surface area contributed by atoms with Crippen molar-refractivity contribution in [3.05, 3.63) is 186 Å². The van der Waals surface area contributed by atoms with Gasteiger partial charge in [0, 0.05) is 75.3 Å². The van der Waals surface area contributed by atoms with Crippen LogP contribution in [0.3, 0.4) is 0 Å². The van der Waals surface area contributed by atoms with Crippen molar-refractivity contribution in [2.75, 3.05) is 7.05 Å². The number of pyridine rings is 2. The Morgan fingerprint density at radius 2 is 1.38 bits per heavy atom. The molecule has 0 saturated heterocycles. The number of aryl methyl sites for hydroxylation is 2. The summed E-state index contributed by atoms with van der Waals surface area (Å²) in [6, 6.07) is 44.0. The van der Waals surface area contributed by atoms with E-state index in [-0.39, 0.29) is 6.04 Å². The van der Waals surface area contributed by atoms with Crippen molar-refractivity contribution in [1.82, 2.24) is 24.0 Å². The van der Waals surface area contributed by atoms with Gasteiger partial charge in [-0.25, -0.2) is 4.98 Å². The van der Waals surface area contributed by atoms with Crippen molar-refractivity contribution >= 4 is 71.9 Å². The van der Waals surface area contributed by atoms with Gasteiger partial charge in [0.1, 0.15) is 0 Å². The molecule has 10 rings (SSSR count). The van der Waals surface area contributed by atoms with Crippen molar-refractivity contribution in [2.24, 2.45) is 7.05 Å². The molecule has 9 aromatic rings. The minimum absolute atomic E-state index is 0.00660. The summed E-state index contributed by atoms with van der Waals surface area (Å²) < 4.78 is 4.59. The second kappa shape index (κ2) is 14.5. The van der Waals surface area contributed by atoms with Crippen LogP contribution in [0.1, 0.15) is 49.3 Å². The van der Waals surface area contributed by atoms with Crippen LogP contribution in [0.25, 0.3) is 94.2 Å². The van der Waals surface area contributed by atoms with Gasteiger partial charge in [-0.2, -0.15) is 0 Å². The van der Waals surface area contributed by atoms with Crippen LogP contribution in [-0.2, 0) is 7.05 Å². The van der Waals surface area contributed by atoms with Crippen molar-refractivity contribution in [3.63, 3.8) is 0 Å². The zero-order valence-corrected chi connectivity index (χ0v) is 35.0. The molecule has 1 unspecified atom stereocenters. The summed E-state index contributed by atoms with van der Waals surface area (Å²) in [5, 5.41) is 5.93. The molecule has 60 heavy (non-hydrogen) atoms. The lowest BCUT2D eigenvalue weighted by Gasteiger charge is -2.31. The summed E-state index contributed by atoms with van der Waals surface area (Å²) in [5.41, 5.74) is 18.0. The number of rotatable bonds is 7. The molecule has 0 bridgehead atoms. The van der Waals surface area contributed by atoms with E-state index in [9.17, 15) is 0 Å². The first-order valence-electron chi connectivity index (χ1n) is 20.7. The Hall–Kier alpha value is -7.24. The zero-order chi connectivity index (χ0) is 41.2. The van der Waals surface area contributed by atoms with Gasteiger partial charge in [-0.05, 0) is 128 Å². The maximum atomic E-state index is 5.42. The van der Waals surface area contributed by atoms with Crippen LogP contribution in [0, 0.1) is 6.92 Å². The number of fused-ring (bicyclic) bond motifs is 6. The molecular weight excluding hydrogens is 731 g/mol. The number of hydrogen-bond acceptors (Lipinski definition) is 3. The molecular formula is C55H47N5. The highest BCUT2D eigenvalue weighted by Crippen LogP contribution is 2.41. The average Bonchev–Trinajstić information content (AvgIpc) is 3.74. The van der Waals surface area contributed by atoms with Gasteiger partial charge in [-0.1, -0.05) is 85.5 Å². The van der Waals surface area contributed by atoms with Crippen LogP contribution < -0.4 is 0 Å². The normalized spacial score (nSPS) is 14.9. The maximum absolute atomic E-state index is 5.42. The number of hydrogen-bond donors (Lipinski definition) is 0. The van der Waals surface area contributed by atoms with Gasteiger partial charge in [0.15, 0.2) is 0 Å². The van der Waals surface area contributed by atoms with E-state index < -0.39 is 0 Å². The molecule has 1 aliphatic rings. The molecule has 5 nitrogen and oxygen atoms in total. The minimum atomic E-state index is 0.00660. The fourth-order valence-electron chi connectivity index (χ4n) is 9.43. The number of likely N-dealkylation sites (N-methyl/N-ethyl adjacent to an activating group) is 1. The van der Waals surface area contributed by atoms with Crippen LogP contribution in [0.15, 0.2) is 164 Å². The topological polar surface area (TPSA) is 38.9 Å². The first-order chi connectivity index (χ1) is 29.3. The summed E-state index contributed by atoms with van der Waals surface area (Å²) in [5.74, 6) is 0. The summed E-state index contributed by atoms with van der Waals surface area (Å²) in [6.07, 6.45) is 13.1. The van der Waals surface area contributed by atoms with Gasteiger partial charge in [0.25, 0.3) is 0 Å². The molecule has 5 aromatic carbocycles. The average molecular weight is 778 g/mol. The Bertz CT molecular complexity index is 3360. The maximum Gasteiger partial charge on any atom is 0.0894 e. The number of benzene rings is 5. The van der Waals surface area contributed by atoms with E-state index in [1.165, 1.54) is 55.0 Å². The first kappa shape index (κ1) is 37.1. The molecule has 5 heterocycles. The molecule has 292 valence electrons. The molecule has 4 aromatic heterocycles. The fourth-order valence-corrected chi connectivity index (χ4v) is 9.43. The van der Waals surface area contributed by atoms with Gasteiger partial charge in [0.2, 0.25) is 0 Å². The smallest absolute Gasteiger partial charge is 0.0894 e. The highest BCUT2D eigenvalue weighted by Gasteiger charge is 2.24. The molecule has 0 radical (unpaired) electrons. The van der Waals surface area contributed by atoms with E-state index in [4.69, 9.17) is 9.97 Å². The molecule has 0 aliphatic carbocycles. The van der Waals surface area contributed by atoms with Crippen LogP contribution in [0.2, 0.25) is 0 Å². The predicted molar refractivity (Wildman–Crippen MR) is 256 cm³/mol. The molecule has 0 saturated carbocycles. The lowest BCUT2D eigenvalue weighted by molar-refractivity contribution is 0.384. The van der Waals surface area contributed by atoms with E-state index in [0.29, 0.717) is 0 Å². The standard InChI is InChI=1S/C55H47N5/c1-8-15-40(9-2)60-53-19-14-12-17-41(53)45-31-39(23-27-54(45)60)50-32-43(46-33-58(6)55(28-34(46)4)49-25-20-36-16-11-13-18-47(36)56-49)44-30-37(21-24-48(44)57-50)38-22-26-52-42(29-38)35(5)51(10-3)59(52)7/h8-33,55H,3H2,1-2,4-7H3/b15-8-,40-9+. The van der Waals surface area contributed by atoms with Crippen molar-refractivity contribution < 1.29 is 0 Å². The highest BCUT2D eigenvalue weighted by molar-refractivity contribution is 6.12. The Labute approximate surface area is 351 Å². The van der Waals surface area contributed by atoms with E-state index in [0.717, 1.165) is 61.3 Å². The van der Waals surface area contributed by atoms with Gasteiger partial charge in [-0.3, -0.25) is 4.98 Å². The zero-order valence-electron chi connectivity index (χ0n) is 35.0. The summed E-state index contributed by atoms with van der Waals surface area (Å²) in [6.45, 7) is 12.7. The Balaban J connectivity index is 1.15. The van der Waals surface area contributed by atoms with Crippen molar-refractivity contribution in [1.29, 1.82) is 0 Å². The van der Waals surface area contributed by atoms with E-state index in [1.807, 2.05) is 6.08 Å². The Kier molecular flexibility index (Phi) is 8.98. The van der Waals surface area contributed by atoms with E-state index in [1.54, 1.807) is 0 Å². The summed E-state index contributed by atoms with van der Waals surface area (Å²) >= 11 is 0. The second-order valence-electron chi connectivity index (χ2n) is 16.0. The largest absolute Gasteiger partial charge is 0.368 e. The quantitative estimate of drug-likeness (QED) is 0.151. The molecule has 0 amide bonds. The van der Waals surface area contributed by atoms with Crippen molar-refractivity contribution in [2.45, 2.75) is 33.7 Å². The van der Waals surface area contributed by atoms with Crippen LogP contribution >= 0.6 is 0 Å². The summed E-state index contributed by atoms with van der Waals surface area (Å²) in [4.78, 5) is 12.8. The SMILES string of the molecule is C=Cc1c(C)c2cc(-c3ccc4nc(-c5ccc6c(c5)c5ccccc5n6C(/C=C\C)=C/C)cc(C5=CN(C)C(c6ccc7ccccc7n6)C=C5C)c4c3)ccc2n1C. The third kappa shape index (κ3) is 5.92. The molecule has 0 N–H and O–H groups in total. The predicted octanol–water partition coefficient (Wildman–Crippen LogP) is 14.1. The highest BCUT2D eigenvalue weighted by atomic mass is 15.1. The number of para-hydroxylation sites is 2. The third-order valence-corrected chi connectivity index (χ3v) is 12.5. The van der Waals surface area contributed by atoms with Crippen molar-refractivity contribution in [3.8, 4) is 22.4 Å². The lowest BCUT2D eigenvalue weighted by atomic mass is 9.89. The van der Waals surface area contributed by atoms with Gasteiger partial charge in [-0.15, -0.1) is 0 Å². The third-order valence-electron chi connectivity index (χ3n) is 12.5. The molecule has 1 atom stereocenters. The molecule has 0 spiro atoms. The van der Waals surface area contributed by atoms with Crippen LogP contribution in [0.4, 0.5) is 0 Å². The Morgan fingerprint density at radius 3 is 2.20 bits per heavy atom. The molecule has 0 fully saturated rings. The van der Waals surface area contributed by atoms with Gasteiger partial charge >= 0.3 is 0 Å². The van der Waals surface area contributed by atoms with Crippen LogP contribution in [0.5, 0.6) is 0 Å². The first-order valence-corrected chi connectivity index (χ1v) is 20.7. The lowest BCUT2D eigenvalue weighted by Crippen LogP contribution is -2.22. The van der Waals surface area contributed by atoms with Crippen LogP contribution in [-0.4, -0.2) is 31.0 Å². The monoisotopic (exact) mass is 777 g/mol.